The highest BCUT2D eigenvalue weighted by Crippen LogP contribution is 2.44. The fraction of sp³-hybridized carbons (Fsp3) is 0.391. The Morgan fingerprint density at radius 3 is 2.57 bits per heavy atom. The maximum Gasteiger partial charge on any atom is 0.291 e. The highest BCUT2D eigenvalue weighted by atomic mass is 32.1. The van der Waals surface area contributed by atoms with Crippen molar-refractivity contribution in [2.75, 3.05) is 5.32 Å². The molecule has 0 saturated carbocycles. The second-order valence-corrected chi connectivity index (χ2v) is 9.81. The van der Waals surface area contributed by atoms with E-state index in [0.717, 1.165) is 24.8 Å². The molecule has 158 valence electrons. The molecule has 0 unspecified atom stereocenters. The molecule has 2 amide bonds. The second-order valence-electron chi connectivity index (χ2n) is 8.71. The molecule has 0 radical (unpaired) electrons. The van der Waals surface area contributed by atoms with Crippen molar-refractivity contribution in [1.29, 1.82) is 0 Å². The lowest BCUT2D eigenvalue weighted by Crippen LogP contribution is -2.28. The molecule has 1 aliphatic carbocycles. The van der Waals surface area contributed by atoms with E-state index in [2.05, 4.69) is 31.4 Å². The van der Waals surface area contributed by atoms with Gasteiger partial charge in [-0.1, -0.05) is 20.8 Å². The third kappa shape index (κ3) is 4.21. The van der Waals surface area contributed by atoms with Crippen molar-refractivity contribution in [3.05, 3.63) is 64.3 Å². The summed E-state index contributed by atoms with van der Waals surface area (Å²) < 4.78 is 10.5. The first-order valence-electron chi connectivity index (χ1n) is 10.1. The van der Waals surface area contributed by atoms with Crippen LogP contribution in [0.4, 0.5) is 5.00 Å². The number of hydrogen-bond acceptors (Lipinski definition) is 5. The van der Waals surface area contributed by atoms with Gasteiger partial charge in [0.05, 0.1) is 24.6 Å². The van der Waals surface area contributed by atoms with Crippen molar-refractivity contribution in [1.82, 2.24) is 5.32 Å². The first-order chi connectivity index (χ1) is 14.3. The van der Waals surface area contributed by atoms with E-state index < -0.39 is 0 Å². The Kier molecular flexibility index (Phi) is 5.56. The second kappa shape index (κ2) is 8.14. The van der Waals surface area contributed by atoms with Gasteiger partial charge in [-0.05, 0) is 60.4 Å². The van der Waals surface area contributed by atoms with Crippen molar-refractivity contribution in [3.8, 4) is 0 Å². The number of thiophene rings is 1. The Balaban J connectivity index is 1.62. The fourth-order valence-electron chi connectivity index (χ4n) is 3.89. The summed E-state index contributed by atoms with van der Waals surface area (Å²) in [4.78, 5) is 26.9. The molecule has 6 nitrogen and oxygen atoms in total. The molecule has 4 rings (SSSR count). The first-order valence-corrected chi connectivity index (χ1v) is 10.9. The Bertz CT molecular complexity index is 1030. The van der Waals surface area contributed by atoms with Crippen molar-refractivity contribution >= 4 is 28.2 Å². The van der Waals surface area contributed by atoms with Gasteiger partial charge in [0, 0.05) is 4.88 Å². The van der Waals surface area contributed by atoms with E-state index in [-0.39, 0.29) is 23.0 Å². The summed E-state index contributed by atoms with van der Waals surface area (Å²) in [6.07, 6.45) is 5.80. The van der Waals surface area contributed by atoms with Crippen LogP contribution in [0.25, 0.3) is 0 Å². The maximum absolute atomic E-state index is 13.1. The number of nitrogens with one attached hydrogen (secondary N) is 2. The topological polar surface area (TPSA) is 84.5 Å². The summed E-state index contributed by atoms with van der Waals surface area (Å²) in [6.45, 7) is 7.07. The molecule has 0 spiro atoms. The molecule has 1 aliphatic rings. The van der Waals surface area contributed by atoms with E-state index in [0.29, 0.717) is 28.8 Å². The third-order valence-corrected chi connectivity index (χ3v) is 6.86. The van der Waals surface area contributed by atoms with Gasteiger partial charge in [-0.3, -0.25) is 9.59 Å². The lowest BCUT2D eigenvalue weighted by Gasteiger charge is -2.33. The summed E-state index contributed by atoms with van der Waals surface area (Å²) in [5.74, 6) is 0.882. The van der Waals surface area contributed by atoms with Crippen LogP contribution >= 0.6 is 11.3 Å². The van der Waals surface area contributed by atoms with E-state index in [4.69, 9.17) is 8.83 Å². The van der Waals surface area contributed by atoms with Crippen LogP contribution < -0.4 is 10.6 Å². The molecule has 0 aromatic carbocycles. The number of furan rings is 2. The van der Waals surface area contributed by atoms with Crippen LogP contribution in [0.3, 0.4) is 0 Å². The van der Waals surface area contributed by atoms with E-state index >= 15 is 0 Å². The molecule has 0 bridgehead atoms. The van der Waals surface area contributed by atoms with Gasteiger partial charge >= 0.3 is 0 Å². The van der Waals surface area contributed by atoms with E-state index in [1.54, 1.807) is 24.5 Å². The van der Waals surface area contributed by atoms with Crippen LogP contribution in [0.5, 0.6) is 0 Å². The molecule has 1 atom stereocenters. The molecule has 3 aromatic heterocycles. The minimum atomic E-state index is -0.356. The Morgan fingerprint density at radius 1 is 1.13 bits per heavy atom. The normalized spacial score (nSPS) is 16.2. The van der Waals surface area contributed by atoms with Crippen LogP contribution in [0.2, 0.25) is 0 Å². The zero-order chi connectivity index (χ0) is 21.3. The van der Waals surface area contributed by atoms with Crippen molar-refractivity contribution in [2.24, 2.45) is 11.3 Å². The quantitative estimate of drug-likeness (QED) is 0.582. The van der Waals surface area contributed by atoms with E-state index in [9.17, 15) is 9.59 Å². The van der Waals surface area contributed by atoms with Crippen molar-refractivity contribution in [3.63, 3.8) is 0 Å². The summed E-state index contributed by atoms with van der Waals surface area (Å²) in [5.41, 5.74) is 1.81. The van der Waals surface area contributed by atoms with Crippen LogP contribution in [-0.2, 0) is 19.4 Å². The number of carbonyl (C=O) groups excluding carboxylic acids is 2. The maximum atomic E-state index is 13.1. The van der Waals surface area contributed by atoms with Gasteiger partial charge in [0.1, 0.15) is 10.8 Å². The van der Waals surface area contributed by atoms with Gasteiger partial charge in [0.2, 0.25) is 0 Å². The summed E-state index contributed by atoms with van der Waals surface area (Å²) in [5, 5.41) is 6.40. The van der Waals surface area contributed by atoms with E-state index in [1.807, 2.05) is 6.07 Å². The van der Waals surface area contributed by atoms with Gasteiger partial charge in [-0.15, -0.1) is 11.3 Å². The lowest BCUT2D eigenvalue weighted by molar-refractivity contribution is 0.0947. The minimum absolute atomic E-state index is 0.195. The first kappa shape index (κ1) is 20.5. The average molecular weight is 427 g/mol. The van der Waals surface area contributed by atoms with Gasteiger partial charge in [-0.2, -0.15) is 0 Å². The van der Waals surface area contributed by atoms with Gasteiger partial charge < -0.3 is 19.5 Å². The SMILES string of the molecule is CC(C)(C)[C@H]1CCc2c(sc(NC(=O)c3ccco3)c2C(=O)NCc2ccco2)C1. The summed E-state index contributed by atoms with van der Waals surface area (Å²) in [7, 11) is 0. The number of fused-ring (bicyclic) bond motifs is 1. The average Bonchev–Trinajstić information content (AvgIpc) is 3.45. The zero-order valence-electron chi connectivity index (χ0n) is 17.4. The molecule has 3 heterocycles. The lowest BCUT2D eigenvalue weighted by atomic mass is 9.72. The Morgan fingerprint density at radius 2 is 1.90 bits per heavy atom. The number of carbonyl (C=O) groups is 2. The zero-order valence-corrected chi connectivity index (χ0v) is 18.2. The Labute approximate surface area is 179 Å². The van der Waals surface area contributed by atoms with Crippen LogP contribution in [0.1, 0.15) is 64.3 Å². The molecular weight excluding hydrogens is 400 g/mol. The smallest absolute Gasteiger partial charge is 0.291 e. The minimum Gasteiger partial charge on any atom is -0.467 e. The number of hydrogen-bond donors (Lipinski definition) is 2. The Hall–Kier alpha value is -2.80. The highest BCUT2D eigenvalue weighted by Gasteiger charge is 2.34. The van der Waals surface area contributed by atoms with Crippen LogP contribution in [0, 0.1) is 11.3 Å². The highest BCUT2D eigenvalue weighted by molar-refractivity contribution is 7.17. The molecule has 3 aromatic rings. The molecule has 0 aliphatic heterocycles. The van der Waals surface area contributed by atoms with Crippen LogP contribution in [-0.4, -0.2) is 11.8 Å². The molecule has 7 heteroatoms. The largest absolute Gasteiger partial charge is 0.467 e. The molecule has 2 N–H and O–H groups in total. The molecule has 30 heavy (non-hydrogen) atoms. The van der Waals surface area contributed by atoms with Gasteiger partial charge in [0.25, 0.3) is 11.8 Å². The number of rotatable bonds is 5. The summed E-state index contributed by atoms with van der Waals surface area (Å²) in [6, 6.07) is 6.88. The van der Waals surface area contributed by atoms with Gasteiger partial charge in [0.15, 0.2) is 5.76 Å². The monoisotopic (exact) mass is 426 g/mol. The fourth-order valence-corrected chi connectivity index (χ4v) is 5.21. The predicted octanol–water partition coefficient (Wildman–Crippen LogP) is 5.27. The van der Waals surface area contributed by atoms with Crippen molar-refractivity contribution < 1.29 is 18.4 Å². The third-order valence-electron chi connectivity index (χ3n) is 5.69. The molecule has 0 saturated heterocycles. The molecule has 0 fully saturated rings. The summed E-state index contributed by atoms with van der Waals surface area (Å²) >= 11 is 1.50. The molecular formula is C23H26N2O4S. The van der Waals surface area contributed by atoms with Crippen molar-refractivity contribution in [2.45, 2.75) is 46.6 Å². The number of anilines is 1. The number of amides is 2. The standard InChI is InChI=1S/C23H26N2O4S/c1-23(2,3)14-8-9-16-18(12-14)30-22(25-20(26)17-7-5-11-29-17)19(16)21(27)24-13-15-6-4-10-28-15/h4-7,10-11,14H,8-9,12-13H2,1-3H3,(H,24,27)(H,25,26)/t14-/m0/s1. The predicted molar refractivity (Wildman–Crippen MR) is 116 cm³/mol. The van der Waals surface area contributed by atoms with E-state index in [1.165, 1.54) is 22.5 Å². The van der Waals surface area contributed by atoms with Gasteiger partial charge in [-0.25, -0.2) is 0 Å². The van der Waals surface area contributed by atoms with Crippen LogP contribution in [0.15, 0.2) is 45.6 Å².